The minimum absolute atomic E-state index is 0.0212. The first-order chi connectivity index (χ1) is 5.21. The summed E-state index contributed by atoms with van der Waals surface area (Å²) >= 11 is 0. The molecule has 0 unspecified atom stereocenters. The summed E-state index contributed by atoms with van der Waals surface area (Å²) < 4.78 is 30.5. The predicted octanol–water partition coefficient (Wildman–Crippen LogP) is 0.310. The van der Waals surface area contributed by atoms with Crippen LogP contribution in [-0.4, -0.2) is 30.8 Å². The van der Waals surface area contributed by atoms with Gasteiger partial charge in [-0.3, -0.25) is 0 Å². The zero-order chi connectivity index (χ0) is 9.83. The highest BCUT2D eigenvalue weighted by molar-refractivity contribution is 7.85. The van der Waals surface area contributed by atoms with Gasteiger partial charge < -0.3 is 9.87 Å². The first-order valence-corrected chi connectivity index (χ1v) is 5.47. The van der Waals surface area contributed by atoms with Crippen LogP contribution in [0.25, 0.3) is 0 Å². The summed E-state index contributed by atoms with van der Waals surface area (Å²) in [7, 11) is -4.03. The second-order valence-electron chi connectivity index (χ2n) is 3.79. The summed E-state index contributed by atoms with van der Waals surface area (Å²) in [6.07, 6.45) is 0.378. The van der Waals surface area contributed by atoms with E-state index in [9.17, 15) is 13.0 Å². The van der Waals surface area contributed by atoms with E-state index in [1.807, 2.05) is 20.8 Å². The summed E-state index contributed by atoms with van der Waals surface area (Å²) in [6, 6.07) is 0. The average molecular weight is 194 g/mol. The Morgan fingerprint density at radius 3 is 2.17 bits per heavy atom. The van der Waals surface area contributed by atoms with E-state index in [0.29, 0.717) is 13.0 Å². The Morgan fingerprint density at radius 1 is 1.33 bits per heavy atom. The molecule has 0 saturated carbocycles. The molecule has 0 aliphatic heterocycles. The van der Waals surface area contributed by atoms with Gasteiger partial charge in [-0.2, -0.15) is 0 Å². The molecule has 0 radical (unpaired) electrons. The number of rotatable bonds is 4. The molecule has 0 aromatic rings. The van der Waals surface area contributed by atoms with Crippen LogP contribution in [0, 0.1) is 0 Å². The van der Waals surface area contributed by atoms with Crippen LogP contribution in [0.3, 0.4) is 0 Å². The molecule has 5 heteroatoms. The minimum Gasteiger partial charge on any atom is -0.748 e. The maximum absolute atomic E-state index is 10.2. The Bertz CT molecular complexity index is 215. The van der Waals surface area contributed by atoms with Crippen LogP contribution >= 0.6 is 0 Å². The molecule has 0 bridgehead atoms. The summed E-state index contributed by atoms with van der Waals surface area (Å²) in [6.45, 7) is 6.51. The van der Waals surface area contributed by atoms with Gasteiger partial charge in [-0.25, -0.2) is 8.42 Å². The second-order valence-corrected chi connectivity index (χ2v) is 5.32. The van der Waals surface area contributed by atoms with Crippen molar-refractivity contribution >= 4 is 10.1 Å². The number of nitrogens with one attached hydrogen (secondary N) is 1. The molecule has 12 heavy (non-hydrogen) atoms. The lowest BCUT2D eigenvalue weighted by atomic mass is 10.1. The smallest absolute Gasteiger partial charge is 0.0946 e. The summed E-state index contributed by atoms with van der Waals surface area (Å²) in [4.78, 5) is 0. The average Bonchev–Trinajstić information content (AvgIpc) is 1.76. The maximum atomic E-state index is 10.2. The molecule has 0 aromatic heterocycles. The fourth-order valence-corrected chi connectivity index (χ4v) is 1.21. The highest BCUT2D eigenvalue weighted by Gasteiger charge is 2.07. The van der Waals surface area contributed by atoms with Crippen molar-refractivity contribution in [1.82, 2.24) is 5.32 Å². The molecule has 0 saturated heterocycles. The molecule has 0 aliphatic carbocycles. The van der Waals surface area contributed by atoms with Crippen molar-refractivity contribution in [1.29, 1.82) is 0 Å². The van der Waals surface area contributed by atoms with Gasteiger partial charge in [-0.15, -0.1) is 0 Å². The Balaban J connectivity index is 3.48. The third-order valence-electron chi connectivity index (χ3n) is 1.23. The van der Waals surface area contributed by atoms with Gasteiger partial charge in [0.1, 0.15) is 0 Å². The van der Waals surface area contributed by atoms with Crippen molar-refractivity contribution in [3.05, 3.63) is 0 Å². The van der Waals surface area contributed by atoms with Crippen molar-refractivity contribution in [2.24, 2.45) is 0 Å². The quantitative estimate of drug-likeness (QED) is 0.516. The van der Waals surface area contributed by atoms with E-state index < -0.39 is 10.1 Å². The Labute approximate surface area is 74.1 Å². The number of hydrogen-bond acceptors (Lipinski definition) is 4. The predicted molar refractivity (Wildman–Crippen MR) is 46.9 cm³/mol. The monoisotopic (exact) mass is 194 g/mol. The Kier molecular flexibility index (Phi) is 4.16. The molecule has 74 valence electrons. The Hall–Kier alpha value is -0.130. The topological polar surface area (TPSA) is 69.2 Å². The van der Waals surface area contributed by atoms with Gasteiger partial charge in [0.15, 0.2) is 0 Å². The van der Waals surface area contributed by atoms with Gasteiger partial charge in [0.25, 0.3) is 0 Å². The maximum Gasteiger partial charge on any atom is 0.0946 e. The third kappa shape index (κ3) is 9.87. The molecule has 4 nitrogen and oxygen atoms in total. The molecule has 1 N–H and O–H groups in total. The first kappa shape index (κ1) is 11.9. The van der Waals surface area contributed by atoms with E-state index in [-0.39, 0.29) is 11.3 Å². The van der Waals surface area contributed by atoms with E-state index in [4.69, 9.17) is 0 Å². The van der Waals surface area contributed by atoms with Crippen molar-refractivity contribution < 1.29 is 13.0 Å². The fraction of sp³-hybridized carbons (Fsp3) is 1.00. The number of hydrogen-bond donors (Lipinski definition) is 1. The van der Waals surface area contributed by atoms with Crippen molar-refractivity contribution in [2.45, 2.75) is 32.7 Å². The molecular formula is C7H16NO3S-. The normalized spacial score (nSPS) is 13.3. The highest BCUT2D eigenvalue weighted by atomic mass is 32.2. The SMILES string of the molecule is CC(C)(C)NCCCS(=O)(=O)[O-]. The van der Waals surface area contributed by atoms with Crippen LogP contribution in [0.15, 0.2) is 0 Å². The fourth-order valence-electron chi connectivity index (χ4n) is 0.712. The van der Waals surface area contributed by atoms with Crippen LogP contribution < -0.4 is 5.32 Å². The summed E-state index contributed by atoms with van der Waals surface area (Å²) in [5.41, 5.74) is -0.0212. The molecular weight excluding hydrogens is 178 g/mol. The first-order valence-electron chi connectivity index (χ1n) is 3.89. The molecule has 0 aliphatic rings. The van der Waals surface area contributed by atoms with E-state index in [2.05, 4.69) is 5.32 Å². The molecule has 0 heterocycles. The van der Waals surface area contributed by atoms with Crippen LogP contribution in [0.2, 0.25) is 0 Å². The van der Waals surface area contributed by atoms with Crippen LogP contribution in [0.1, 0.15) is 27.2 Å². The van der Waals surface area contributed by atoms with Gasteiger partial charge >= 0.3 is 0 Å². The van der Waals surface area contributed by atoms with Crippen LogP contribution in [0.5, 0.6) is 0 Å². The van der Waals surface area contributed by atoms with Crippen molar-refractivity contribution in [3.8, 4) is 0 Å². The van der Waals surface area contributed by atoms with Crippen LogP contribution in [-0.2, 0) is 10.1 Å². The molecule has 0 rings (SSSR count). The standard InChI is InChI=1S/C7H17NO3S/c1-7(2,3)8-5-4-6-12(9,10)11/h8H,4-6H2,1-3H3,(H,9,10,11)/p-1. The van der Waals surface area contributed by atoms with Crippen molar-refractivity contribution in [2.75, 3.05) is 12.3 Å². The molecule has 0 spiro atoms. The summed E-state index contributed by atoms with van der Waals surface area (Å²) in [5.74, 6) is -0.282. The van der Waals surface area contributed by atoms with Gasteiger partial charge in [0.2, 0.25) is 0 Å². The van der Waals surface area contributed by atoms with Gasteiger partial charge in [0.05, 0.1) is 10.1 Å². The third-order valence-corrected chi connectivity index (χ3v) is 2.02. The van der Waals surface area contributed by atoms with E-state index in [1.165, 1.54) is 0 Å². The van der Waals surface area contributed by atoms with Crippen LogP contribution in [0.4, 0.5) is 0 Å². The lowest BCUT2D eigenvalue weighted by Gasteiger charge is -2.20. The highest BCUT2D eigenvalue weighted by Crippen LogP contribution is 1.98. The van der Waals surface area contributed by atoms with Crippen molar-refractivity contribution in [3.63, 3.8) is 0 Å². The minimum atomic E-state index is -4.03. The van der Waals surface area contributed by atoms with E-state index in [0.717, 1.165) is 0 Å². The lowest BCUT2D eigenvalue weighted by molar-refractivity contribution is 0.420. The molecule has 0 aromatic carbocycles. The van der Waals surface area contributed by atoms with E-state index in [1.54, 1.807) is 0 Å². The molecule has 0 fully saturated rings. The van der Waals surface area contributed by atoms with Gasteiger partial charge in [0, 0.05) is 11.3 Å². The largest absolute Gasteiger partial charge is 0.748 e. The zero-order valence-electron chi connectivity index (χ0n) is 7.75. The zero-order valence-corrected chi connectivity index (χ0v) is 8.57. The lowest BCUT2D eigenvalue weighted by Crippen LogP contribution is -2.36. The van der Waals surface area contributed by atoms with Gasteiger partial charge in [-0.05, 0) is 33.7 Å². The van der Waals surface area contributed by atoms with E-state index >= 15 is 0 Å². The second kappa shape index (κ2) is 4.20. The van der Waals surface area contributed by atoms with Gasteiger partial charge in [-0.1, -0.05) is 0 Å². The Morgan fingerprint density at radius 2 is 1.83 bits per heavy atom. The molecule has 0 amide bonds. The summed E-state index contributed by atoms with van der Waals surface area (Å²) in [5, 5.41) is 3.09. The molecule has 0 atom stereocenters.